The summed E-state index contributed by atoms with van der Waals surface area (Å²) in [6.07, 6.45) is 8.22. The van der Waals surface area contributed by atoms with E-state index in [1.807, 2.05) is 6.20 Å². The molecule has 2 saturated carbocycles. The number of rotatable bonds is 6. The number of amides is 1. The van der Waals surface area contributed by atoms with E-state index >= 15 is 0 Å². The van der Waals surface area contributed by atoms with Crippen molar-refractivity contribution in [1.82, 2.24) is 20.5 Å². The van der Waals surface area contributed by atoms with Gasteiger partial charge in [0.25, 0.3) is 0 Å². The Balaban J connectivity index is 1.60. The van der Waals surface area contributed by atoms with Crippen LogP contribution < -0.4 is 10.6 Å². The summed E-state index contributed by atoms with van der Waals surface area (Å²) in [4.78, 5) is 23.7. The van der Waals surface area contributed by atoms with Gasteiger partial charge in [0.2, 0.25) is 5.91 Å². The van der Waals surface area contributed by atoms with Crippen LogP contribution in [-0.4, -0.2) is 48.4 Å². The highest BCUT2D eigenvalue weighted by Gasteiger charge is 2.39. The van der Waals surface area contributed by atoms with Crippen LogP contribution in [0.1, 0.15) is 42.5 Å². The zero-order valence-electron chi connectivity index (χ0n) is 15.4. The molecule has 0 aliphatic heterocycles. The van der Waals surface area contributed by atoms with Gasteiger partial charge < -0.3 is 15.5 Å². The maximum Gasteiger partial charge on any atom is 0.243 e. The van der Waals surface area contributed by atoms with Gasteiger partial charge in [0.15, 0.2) is 5.96 Å². The van der Waals surface area contributed by atoms with Gasteiger partial charge in [0.1, 0.15) is 11.6 Å². The van der Waals surface area contributed by atoms with E-state index in [-0.39, 0.29) is 12.5 Å². The molecular weight excluding hydrogens is 334 g/mol. The molecule has 3 rings (SSSR count). The third kappa shape index (κ3) is 4.71. The SMILES string of the molecule is CCc1cnc(CNC(=NCC(=O)N(C)C)NC2CC3CCC2C3)s1. The summed E-state index contributed by atoms with van der Waals surface area (Å²) in [6.45, 7) is 2.95. The van der Waals surface area contributed by atoms with Crippen LogP contribution in [0.25, 0.3) is 0 Å². The van der Waals surface area contributed by atoms with Crippen LogP contribution in [0.4, 0.5) is 0 Å². The van der Waals surface area contributed by atoms with Gasteiger partial charge in [-0.1, -0.05) is 13.3 Å². The molecule has 1 aromatic rings. The molecule has 2 bridgehead atoms. The first kappa shape index (κ1) is 18.2. The molecule has 2 N–H and O–H groups in total. The molecular formula is C18H29N5OS. The third-order valence-corrected chi connectivity index (χ3v) is 6.43. The molecule has 138 valence electrons. The summed E-state index contributed by atoms with van der Waals surface area (Å²) in [5.41, 5.74) is 0. The lowest BCUT2D eigenvalue weighted by Crippen LogP contribution is -2.45. The van der Waals surface area contributed by atoms with Gasteiger partial charge in [-0.2, -0.15) is 0 Å². The molecule has 3 atom stereocenters. The average Bonchev–Trinajstić information content (AvgIpc) is 3.32. The Labute approximate surface area is 154 Å². The standard InChI is InChI=1S/C18H29N5OS/c1-4-14-9-19-16(25-14)10-20-18(21-11-17(24)23(2)3)22-15-8-12-5-6-13(15)7-12/h9,12-13,15H,4-8,10-11H2,1-3H3,(H2,20,21,22). The molecule has 1 aromatic heterocycles. The molecule has 0 saturated heterocycles. The number of carbonyl (C=O) groups is 1. The minimum absolute atomic E-state index is 0.0107. The molecule has 2 fully saturated rings. The number of carbonyl (C=O) groups excluding carboxylic acids is 1. The van der Waals surface area contributed by atoms with Gasteiger partial charge in [0, 0.05) is 31.2 Å². The van der Waals surface area contributed by atoms with Crippen molar-refractivity contribution in [3.8, 4) is 0 Å². The lowest BCUT2D eigenvalue weighted by atomic mass is 9.95. The normalized spacial score (nSPS) is 25.2. The average molecular weight is 364 g/mol. The number of guanidine groups is 1. The van der Waals surface area contributed by atoms with Crippen molar-refractivity contribution >= 4 is 23.2 Å². The number of nitrogens with one attached hydrogen (secondary N) is 2. The van der Waals surface area contributed by atoms with E-state index in [2.05, 4.69) is 27.5 Å². The molecule has 2 aliphatic carbocycles. The Morgan fingerprint density at radius 1 is 1.40 bits per heavy atom. The number of likely N-dealkylation sites (N-methyl/N-ethyl adjacent to an activating group) is 1. The predicted octanol–water partition coefficient (Wildman–Crippen LogP) is 2.02. The number of hydrogen-bond donors (Lipinski definition) is 2. The molecule has 0 aromatic carbocycles. The van der Waals surface area contributed by atoms with E-state index in [0.717, 1.165) is 29.2 Å². The van der Waals surface area contributed by atoms with Crippen LogP contribution >= 0.6 is 11.3 Å². The first-order chi connectivity index (χ1) is 12.0. The highest BCUT2D eigenvalue weighted by atomic mass is 32.1. The quantitative estimate of drug-likeness (QED) is 0.599. The maximum absolute atomic E-state index is 11.9. The second-order valence-corrected chi connectivity index (χ2v) is 8.51. The smallest absolute Gasteiger partial charge is 0.243 e. The fourth-order valence-corrected chi connectivity index (χ4v) is 4.59. The molecule has 1 amide bonds. The number of fused-ring (bicyclic) bond motifs is 2. The molecule has 0 radical (unpaired) electrons. The highest BCUT2D eigenvalue weighted by molar-refractivity contribution is 7.11. The monoisotopic (exact) mass is 363 g/mol. The largest absolute Gasteiger partial charge is 0.353 e. The fraction of sp³-hybridized carbons (Fsp3) is 0.722. The number of nitrogens with zero attached hydrogens (tertiary/aromatic N) is 3. The Hall–Kier alpha value is -1.63. The van der Waals surface area contributed by atoms with E-state index in [0.29, 0.717) is 12.6 Å². The van der Waals surface area contributed by atoms with Crippen LogP contribution in [0.3, 0.4) is 0 Å². The van der Waals surface area contributed by atoms with Crippen LogP contribution in [0, 0.1) is 11.8 Å². The molecule has 2 aliphatic rings. The molecule has 3 unspecified atom stereocenters. The van der Waals surface area contributed by atoms with Crippen molar-refractivity contribution < 1.29 is 4.79 Å². The van der Waals surface area contributed by atoms with Crippen molar-refractivity contribution in [3.63, 3.8) is 0 Å². The molecule has 1 heterocycles. The molecule has 6 nitrogen and oxygen atoms in total. The second-order valence-electron chi connectivity index (χ2n) is 7.31. The van der Waals surface area contributed by atoms with Crippen molar-refractivity contribution in [2.24, 2.45) is 16.8 Å². The zero-order valence-corrected chi connectivity index (χ0v) is 16.2. The van der Waals surface area contributed by atoms with Gasteiger partial charge in [-0.25, -0.2) is 9.98 Å². The number of aromatic nitrogens is 1. The first-order valence-corrected chi connectivity index (χ1v) is 10.1. The number of thiazole rings is 1. The zero-order chi connectivity index (χ0) is 17.8. The predicted molar refractivity (Wildman–Crippen MR) is 102 cm³/mol. The minimum Gasteiger partial charge on any atom is -0.353 e. The topological polar surface area (TPSA) is 69.6 Å². The Morgan fingerprint density at radius 3 is 2.84 bits per heavy atom. The number of aryl methyl sites for hydroxylation is 1. The van der Waals surface area contributed by atoms with Gasteiger partial charge in [-0.3, -0.25) is 4.79 Å². The third-order valence-electron chi connectivity index (χ3n) is 5.29. The van der Waals surface area contributed by atoms with Gasteiger partial charge in [-0.05, 0) is 37.5 Å². The van der Waals surface area contributed by atoms with Crippen LogP contribution in [-0.2, 0) is 17.8 Å². The van der Waals surface area contributed by atoms with Crippen LogP contribution in [0.5, 0.6) is 0 Å². The van der Waals surface area contributed by atoms with Crippen molar-refractivity contribution in [3.05, 3.63) is 16.1 Å². The minimum atomic E-state index is 0.0107. The van der Waals surface area contributed by atoms with E-state index in [1.165, 1.54) is 30.6 Å². The summed E-state index contributed by atoms with van der Waals surface area (Å²) in [6, 6.07) is 0.488. The van der Waals surface area contributed by atoms with Crippen molar-refractivity contribution in [2.45, 2.75) is 51.6 Å². The van der Waals surface area contributed by atoms with E-state index in [1.54, 1.807) is 30.3 Å². The van der Waals surface area contributed by atoms with Crippen LogP contribution in [0.2, 0.25) is 0 Å². The van der Waals surface area contributed by atoms with E-state index < -0.39 is 0 Å². The summed E-state index contributed by atoms with van der Waals surface area (Å²) in [5.74, 6) is 2.38. The number of aliphatic imine (C=N–C) groups is 1. The summed E-state index contributed by atoms with van der Waals surface area (Å²) in [7, 11) is 3.52. The summed E-state index contributed by atoms with van der Waals surface area (Å²) < 4.78 is 0. The summed E-state index contributed by atoms with van der Waals surface area (Å²) >= 11 is 1.73. The molecule has 7 heteroatoms. The lowest BCUT2D eigenvalue weighted by molar-refractivity contribution is -0.127. The fourth-order valence-electron chi connectivity index (χ4n) is 3.79. The molecule has 25 heavy (non-hydrogen) atoms. The second kappa shape index (κ2) is 8.17. The van der Waals surface area contributed by atoms with Crippen molar-refractivity contribution in [2.75, 3.05) is 20.6 Å². The Kier molecular flexibility index (Phi) is 5.93. The van der Waals surface area contributed by atoms with E-state index in [4.69, 9.17) is 0 Å². The highest BCUT2D eigenvalue weighted by Crippen LogP contribution is 2.44. The Bertz CT molecular complexity index is 627. The van der Waals surface area contributed by atoms with Gasteiger partial charge >= 0.3 is 0 Å². The van der Waals surface area contributed by atoms with Crippen molar-refractivity contribution in [1.29, 1.82) is 0 Å². The van der Waals surface area contributed by atoms with E-state index in [9.17, 15) is 4.79 Å². The summed E-state index contributed by atoms with van der Waals surface area (Å²) in [5, 5.41) is 8.00. The van der Waals surface area contributed by atoms with Gasteiger partial charge in [0.05, 0.1) is 6.54 Å². The lowest BCUT2D eigenvalue weighted by Gasteiger charge is -2.25. The first-order valence-electron chi connectivity index (χ1n) is 9.23. The number of hydrogen-bond acceptors (Lipinski definition) is 4. The molecule has 0 spiro atoms. The Morgan fingerprint density at radius 2 is 2.24 bits per heavy atom. The van der Waals surface area contributed by atoms with Gasteiger partial charge in [-0.15, -0.1) is 11.3 Å². The maximum atomic E-state index is 11.9. The van der Waals surface area contributed by atoms with Crippen LogP contribution in [0.15, 0.2) is 11.2 Å².